The van der Waals surface area contributed by atoms with Crippen LogP contribution in [0.5, 0.6) is 0 Å². The molecule has 1 saturated heterocycles. The van der Waals surface area contributed by atoms with Gasteiger partial charge >= 0.3 is 0 Å². The third-order valence-electron chi connectivity index (χ3n) is 5.32. The number of anilines is 1. The maximum absolute atomic E-state index is 6.25. The van der Waals surface area contributed by atoms with E-state index in [4.69, 9.17) is 11.6 Å². The lowest BCUT2D eigenvalue weighted by Gasteiger charge is -2.35. The summed E-state index contributed by atoms with van der Waals surface area (Å²) in [4.78, 5) is 14.9. The van der Waals surface area contributed by atoms with Crippen LogP contribution in [0.3, 0.4) is 0 Å². The maximum atomic E-state index is 6.25. The highest BCUT2D eigenvalue weighted by atomic mass is 35.5. The smallest absolute Gasteiger partial charge is 0.225 e. The van der Waals surface area contributed by atoms with E-state index >= 15 is 0 Å². The summed E-state index contributed by atoms with van der Waals surface area (Å²) in [5, 5.41) is 3.65. The molecule has 4 nitrogen and oxygen atoms in total. The van der Waals surface area contributed by atoms with Crippen LogP contribution in [0.25, 0.3) is 21.3 Å². The molecule has 4 rings (SSSR count). The molecule has 1 aliphatic heterocycles. The molecule has 6 heteroatoms. The Morgan fingerprint density at radius 2 is 1.85 bits per heavy atom. The van der Waals surface area contributed by atoms with E-state index in [-0.39, 0.29) is 0 Å². The molecule has 26 heavy (non-hydrogen) atoms. The van der Waals surface area contributed by atoms with Gasteiger partial charge in [-0.05, 0) is 48.7 Å². The molecule has 3 aromatic rings. The van der Waals surface area contributed by atoms with E-state index in [1.54, 1.807) is 11.3 Å². The Morgan fingerprint density at radius 3 is 2.54 bits per heavy atom. The Morgan fingerprint density at radius 1 is 1.08 bits per heavy atom. The number of benzene rings is 1. The van der Waals surface area contributed by atoms with E-state index in [9.17, 15) is 0 Å². The van der Waals surface area contributed by atoms with Crippen LogP contribution < -0.4 is 4.90 Å². The van der Waals surface area contributed by atoms with Crippen LogP contribution in [0.1, 0.15) is 18.1 Å². The Hall–Kier alpha value is -1.69. The number of rotatable bonds is 3. The quantitative estimate of drug-likeness (QED) is 0.607. The third kappa shape index (κ3) is 3.20. The molecule has 0 amide bonds. The fraction of sp³-hybridized carbons (Fsp3) is 0.400. The molecule has 0 bridgehead atoms. The molecule has 0 N–H and O–H groups in total. The van der Waals surface area contributed by atoms with Gasteiger partial charge in [0.2, 0.25) is 5.28 Å². The van der Waals surface area contributed by atoms with Gasteiger partial charge in [0, 0.05) is 37.1 Å². The highest BCUT2D eigenvalue weighted by molar-refractivity contribution is 7.17. The standard InChI is InChI=1S/C20H23ClN4S/c1-4-24-7-9-25(10-8-24)18-17-16(12-26-19(17)23-20(21)22-18)15-6-5-13(2)14(3)11-15/h5-6,11-12H,4,7-10H2,1-3H3. The number of aromatic nitrogens is 2. The molecule has 0 aliphatic carbocycles. The molecule has 0 spiro atoms. The molecule has 0 unspecified atom stereocenters. The van der Waals surface area contributed by atoms with Crippen molar-refractivity contribution in [1.82, 2.24) is 14.9 Å². The number of hydrogen-bond donors (Lipinski definition) is 0. The molecular weight excluding hydrogens is 364 g/mol. The van der Waals surface area contributed by atoms with Crippen LogP contribution in [-0.2, 0) is 0 Å². The lowest BCUT2D eigenvalue weighted by atomic mass is 10.0. The van der Waals surface area contributed by atoms with Gasteiger partial charge in [-0.2, -0.15) is 4.98 Å². The second kappa shape index (κ2) is 7.14. The Kier molecular flexibility index (Phi) is 4.86. The Labute approximate surface area is 163 Å². The fourth-order valence-electron chi connectivity index (χ4n) is 3.52. The molecule has 136 valence electrons. The summed E-state index contributed by atoms with van der Waals surface area (Å²) in [6.45, 7) is 11.7. The van der Waals surface area contributed by atoms with Gasteiger partial charge in [-0.15, -0.1) is 11.3 Å². The Balaban J connectivity index is 1.82. The normalized spacial score (nSPS) is 15.8. The first-order chi connectivity index (χ1) is 12.6. The van der Waals surface area contributed by atoms with Crippen LogP contribution in [0.15, 0.2) is 23.6 Å². The van der Waals surface area contributed by atoms with E-state index in [1.165, 1.54) is 22.3 Å². The fourth-order valence-corrected chi connectivity index (χ4v) is 4.68. The first-order valence-corrected chi connectivity index (χ1v) is 10.3. The van der Waals surface area contributed by atoms with Crippen molar-refractivity contribution in [3.05, 3.63) is 40.0 Å². The molecule has 3 heterocycles. The summed E-state index contributed by atoms with van der Waals surface area (Å²) in [6.07, 6.45) is 0. The van der Waals surface area contributed by atoms with Crippen molar-refractivity contribution in [2.75, 3.05) is 37.6 Å². The lowest BCUT2D eigenvalue weighted by molar-refractivity contribution is 0.271. The van der Waals surface area contributed by atoms with Crippen molar-refractivity contribution >= 4 is 39.0 Å². The molecule has 1 fully saturated rings. The average molecular weight is 387 g/mol. The number of aryl methyl sites for hydroxylation is 2. The minimum atomic E-state index is 0.332. The van der Waals surface area contributed by atoms with Crippen molar-refractivity contribution in [1.29, 1.82) is 0 Å². The topological polar surface area (TPSA) is 32.3 Å². The van der Waals surface area contributed by atoms with Crippen molar-refractivity contribution in [3.63, 3.8) is 0 Å². The predicted molar refractivity (Wildman–Crippen MR) is 112 cm³/mol. The van der Waals surface area contributed by atoms with Crippen LogP contribution in [-0.4, -0.2) is 47.6 Å². The minimum absolute atomic E-state index is 0.332. The van der Waals surface area contributed by atoms with E-state index in [2.05, 4.69) is 64.1 Å². The number of piperazine rings is 1. The van der Waals surface area contributed by atoms with Crippen molar-refractivity contribution in [2.45, 2.75) is 20.8 Å². The zero-order valence-electron chi connectivity index (χ0n) is 15.4. The first kappa shape index (κ1) is 17.7. The maximum Gasteiger partial charge on any atom is 0.225 e. The van der Waals surface area contributed by atoms with Gasteiger partial charge in [-0.25, -0.2) is 4.98 Å². The number of nitrogens with zero attached hydrogens (tertiary/aromatic N) is 4. The third-order valence-corrected chi connectivity index (χ3v) is 6.37. The monoisotopic (exact) mass is 386 g/mol. The molecule has 1 aliphatic rings. The summed E-state index contributed by atoms with van der Waals surface area (Å²) in [6, 6.07) is 6.63. The predicted octanol–water partition coefficient (Wildman–Crippen LogP) is 4.77. The number of likely N-dealkylation sites (N-methyl/N-ethyl adjacent to an activating group) is 1. The van der Waals surface area contributed by atoms with E-state index in [1.807, 2.05) is 0 Å². The van der Waals surface area contributed by atoms with Gasteiger partial charge in [0.25, 0.3) is 0 Å². The molecular formula is C20H23ClN4S. The summed E-state index contributed by atoms with van der Waals surface area (Å²) in [5.41, 5.74) is 5.04. The molecule has 0 atom stereocenters. The highest BCUT2D eigenvalue weighted by Gasteiger charge is 2.23. The second-order valence-corrected chi connectivity index (χ2v) is 8.06. The van der Waals surface area contributed by atoms with Gasteiger partial charge in [0.05, 0.1) is 5.39 Å². The number of fused-ring (bicyclic) bond motifs is 1. The molecule has 0 saturated carbocycles. The van der Waals surface area contributed by atoms with Gasteiger partial charge in [-0.3, -0.25) is 0 Å². The van der Waals surface area contributed by atoms with E-state index < -0.39 is 0 Å². The zero-order valence-corrected chi connectivity index (χ0v) is 17.0. The van der Waals surface area contributed by atoms with Crippen LogP contribution in [0, 0.1) is 13.8 Å². The van der Waals surface area contributed by atoms with Gasteiger partial charge in [0.15, 0.2) is 0 Å². The van der Waals surface area contributed by atoms with Crippen LogP contribution in [0.4, 0.5) is 5.82 Å². The average Bonchev–Trinajstić information content (AvgIpc) is 3.07. The van der Waals surface area contributed by atoms with E-state index in [0.717, 1.165) is 48.8 Å². The summed E-state index contributed by atoms with van der Waals surface area (Å²) in [7, 11) is 0. The van der Waals surface area contributed by atoms with Crippen molar-refractivity contribution < 1.29 is 0 Å². The highest BCUT2D eigenvalue weighted by Crippen LogP contribution is 2.39. The first-order valence-electron chi connectivity index (χ1n) is 9.06. The molecule has 0 radical (unpaired) electrons. The summed E-state index contributed by atoms with van der Waals surface area (Å²) < 4.78 is 0. The summed E-state index contributed by atoms with van der Waals surface area (Å²) >= 11 is 7.89. The summed E-state index contributed by atoms with van der Waals surface area (Å²) in [5.74, 6) is 0.977. The van der Waals surface area contributed by atoms with Gasteiger partial charge in [-0.1, -0.05) is 25.1 Å². The minimum Gasteiger partial charge on any atom is -0.353 e. The lowest BCUT2D eigenvalue weighted by Crippen LogP contribution is -2.46. The van der Waals surface area contributed by atoms with Crippen LogP contribution >= 0.6 is 22.9 Å². The molecule has 2 aromatic heterocycles. The number of hydrogen-bond acceptors (Lipinski definition) is 5. The van der Waals surface area contributed by atoms with Crippen molar-refractivity contribution in [2.24, 2.45) is 0 Å². The molecule has 1 aromatic carbocycles. The van der Waals surface area contributed by atoms with Gasteiger partial charge < -0.3 is 9.80 Å². The SMILES string of the molecule is CCN1CCN(c2nc(Cl)nc3scc(-c4ccc(C)c(C)c4)c23)CC1. The largest absolute Gasteiger partial charge is 0.353 e. The number of thiophene rings is 1. The van der Waals surface area contributed by atoms with E-state index in [0.29, 0.717) is 5.28 Å². The van der Waals surface area contributed by atoms with Gasteiger partial charge in [0.1, 0.15) is 10.6 Å². The van der Waals surface area contributed by atoms with Crippen LogP contribution in [0.2, 0.25) is 5.28 Å². The Bertz CT molecular complexity index is 944. The number of halogens is 1. The second-order valence-electron chi connectivity index (χ2n) is 6.87. The van der Waals surface area contributed by atoms with Crippen molar-refractivity contribution in [3.8, 4) is 11.1 Å². The zero-order chi connectivity index (χ0) is 18.3.